The van der Waals surface area contributed by atoms with E-state index < -0.39 is 0 Å². The Morgan fingerprint density at radius 3 is 2.71 bits per heavy atom. The minimum atomic E-state index is 0.917. The minimum Gasteiger partial charge on any atom is -0.321 e. The summed E-state index contributed by atoms with van der Waals surface area (Å²) in [6.45, 7) is 4.09. The molecule has 4 nitrogen and oxygen atoms in total. The van der Waals surface area contributed by atoms with Crippen molar-refractivity contribution in [2.45, 2.75) is 13.8 Å². The molecule has 74 valence electrons. The average Bonchev–Trinajstić information content (AvgIpc) is 2.50. The van der Waals surface area contributed by atoms with Crippen LogP contribution in [0.3, 0.4) is 0 Å². The van der Waals surface area contributed by atoms with Crippen LogP contribution in [-0.4, -0.2) is 21.0 Å². The fraction of sp³-hybridized carbons (Fsp3) is 0.400. The molecule has 4 heteroatoms. The maximum Gasteiger partial charge on any atom is 0.210 e. The van der Waals surface area contributed by atoms with Gasteiger partial charge in [0, 0.05) is 37.7 Å². The Morgan fingerprint density at radius 2 is 2.07 bits per heavy atom. The van der Waals surface area contributed by atoms with Gasteiger partial charge in [0.1, 0.15) is 5.65 Å². The highest BCUT2D eigenvalue weighted by Gasteiger charge is 2.05. The molecule has 0 aliphatic carbocycles. The number of imidazole rings is 1. The van der Waals surface area contributed by atoms with Gasteiger partial charge in [0.15, 0.2) is 0 Å². The number of rotatable bonds is 0. The molecule has 0 atom stereocenters. The molecule has 2 aromatic heterocycles. The molecule has 14 heavy (non-hydrogen) atoms. The summed E-state index contributed by atoms with van der Waals surface area (Å²) in [5.74, 6) is 0. The zero-order valence-corrected chi connectivity index (χ0v) is 8.94. The summed E-state index contributed by atoms with van der Waals surface area (Å²) in [5, 5.41) is 0. The van der Waals surface area contributed by atoms with Crippen molar-refractivity contribution in [2.24, 2.45) is 12.0 Å². The molecule has 0 fully saturated rings. The van der Waals surface area contributed by atoms with E-state index >= 15 is 0 Å². The number of nitrogens with zero attached hydrogens (tertiary/aromatic N) is 4. The molecule has 2 rings (SSSR count). The SMILES string of the molecule is CN=c1n(C)cc(C)c2ncc(C)n12. The lowest BCUT2D eigenvalue weighted by Gasteiger charge is -2.06. The van der Waals surface area contributed by atoms with E-state index in [1.807, 2.05) is 30.9 Å². The fourth-order valence-corrected chi connectivity index (χ4v) is 1.79. The van der Waals surface area contributed by atoms with Crippen LogP contribution < -0.4 is 5.62 Å². The second-order valence-electron chi connectivity index (χ2n) is 3.51. The highest BCUT2D eigenvalue weighted by atomic mass is 15.2. The van der Waals surface area contributed by atoms with Gasteiger partial charge in [0.05, 0.1) is 0 Å². The molecule has 0 aliphatic rings. The summed E-state index contributed by atoms with van der Waals surface area (Å²) in [5.41, 5.74) is 4.18. The van der Waals surface area contributed by atoms with Crippen molar-refractivity contribution in [3.63, 3.8) is 0 Å². The van der Waals surface area contributed by atoms with Crippen LogP contribution in [-0.2, 0) is 7.05 Å². The van der Waals surface area contributed by atoms with E-state index in [1.54, 1.807) is 7.05 Å². The predicted molar refractivity (Wildman–Crippen MR) is 55.1 cm³/mol. The van der Waals surface area contributed by atoms with E-state index in [4.69, 9.17) is 0 Å². The van der Waals surface area contributed by atoms with Crippen molar-refractivity contribution in [3.05, 3.63) is 29.3 Å². The van der Waals surface area contributed by atoms with E-state index in [0.717, 1.165) is 22.5 Å². The Morgan fingerprint density at radius 1 is 1.36 bits per heavy atom. The molecule has 0 aromatic carbocycles. The molecular weight excluding hydrogens is 176 g/mol. The van der Waals surface area contributed by atoms with Crippen LogP contribution >= 0.6 is 0 Å². The molecule has 0 spiro atoms. The lowest BCUT2D eigenvalue weighted by atomic mass is 10.3. The number of fused-ring (bicyclic) bond motifs is 1. The molecule has 0 saturated carbocycles. The van der Waals surface area contributed by atoms with E-state index in [9.17, 15) is 0 Å². The molecule has 0 N–H and O–H groups in total. The molecule has 0 unspecified atom stereocenters. The van der Waals surface area contributed by atoms with E-state index in [1.165, 1.54) is 0 Å². The summed E-state index contributed by atoms with van der Waals surface area (Å²) in [6.07, 6.45) is 3.92. The van der Waals surface area contributed by atoms with Crippen molar-refractivity contribution in [1.29, 1.82) is 0 Å². The van der Waals surface area contributed by atoms with Crippen LogP contribution in [0.5, 0.6) is 0 Å². The topological polar surface area (TPSA) is 34.6 Å². The van der Waals surface area contributed by atoms with Crippen LogP contribution in [0.15, 0.2) is 17.4 Å². The Hall–Kier alpha value is -1.58. The average molecular weight is 190 g/mol. The number of aromatic nitrogens is 3. The molecular formula is C10H14N4. The first-order valence-corrected chi connectivity index (χ1v) is 4.58. The third-order valence-corrected chi connectivity index (χ3v) is 2.39. The van der Waals surface area contributed by atoms with E-state index in [0.29, 0.717) is 0 Å². The van der Waals surface area contributed by atoms with Gasteiger partial charge in [-0.2, -0.15) is 0 Å². The molecule has 0 amide bonds. The van der Waals surface area contributed by atoms with Gasteiger partial charge in [-0.1, -0.05) is 0 Å². The fourth-order valence-electron chi connectivity index (χ4n) is 1.79. The molecule has 0 radical (unpaired) electrons. The number of hydrogen-bond donors (Lipinski definition) is 0. The standard InChI is InChI=1S/C10H14N4/c1-7-6-13(4)10(11-3)14-8(2)5-12-9(7)14/h5-6H,1-4H3. The Bertz CT molecular complexity index is 545. The number of aryl methyl sites for hydroxylation is 3. The van der Waals surface area contributed by atoms with Gasteiger partial charge in [0.25, 0.3) is 0 Å². The Labute approximate surface area is 82.6 Å². The highest BCUT2D eigenvalue weighted by molar-refractivity contribution is 5.46. The van der Waals surface area contributed by atoms with E-state index in [2.05, 4.69) is 21.3 Å². The minimum absolute atomic E-state index is 0.917. The van der Waals surface area contributed by atoms with Gasteiger partial charge >= 0.3 is 0 Å². The molecule has 0 bridgehead atoms. The zero-order chi connectivity index (χ0) is 10.3. The maximum absolute atomic E-state index is 4.36. The van der Waals surface area contributed by atoms with E-state index in [-0.39, 0.29) is 0 Å². The van der Waals surface area contributed by atoms with Gasteiger partial charge in [-0.05, 0) is 13.8 Å². The largest absolute Gasteiger partial charge is 0.321 e. The van der Waals surface area contributed by atoms with Gasteiger partial charge in [-0.25, -0.2) is 4.98 Å². The van der Waals surface area contributed by atoms with Gasteiger partial charge in [0.2, 0.25) is 5.62 Å². The third kappa shape index (κ3) is 1.07. The van der Waals surface area contributed by atoms with Crippen LogP contribution in [0.1, 0.15) is 11.3 Å². The third-order valence-electron chi connectivity index (χ3n) is 2.39. The normalized spacial score (nSPS) is 12.7. The molecule has 2 aromatic rings. The molecule has 0 saturated heterocycles. The quantitative estimate of drug-likeness (QED) is 0.605. The second kappa shape index (κ2) is 2.97. The summed E-state index contributed by atoms with van der Waals surface area (Å²) < 4.78 is 4.08. The smallest absolute Gasteiger partial charge is 0.210 e. The van der Waals surface area contributed by atoms with Crippen molar-refractivity contribution < 1.29 is 0 Å². The predicted octanol–water partition coefficient (Wildman–Crippen LogP) is 0.820. The van der Waals surface area contributed by atoms with Crippen LogP contribution in [0, 0.1) is 13.8 Å². The maximum atomic E-state index is 4.36. The summed E-state index contributed by atoms with van der Waals surface area (Å²) in [7, 11) is 3.79. The first-order chi connectivity index (χ1) is 6.65. The lowest BCUT2D eigenvalue weighted by molar-refractivity contribution is 0.739. The second-order valence-corrected chi connectivity index (χ2v) is 3.51. The molecule has 2 heterocycles. The van der Waals surface area contributed by atoms with Crippen molar-refractivity contribution >= 4 is 5.65 Å². The van der Waals surface area contributed by atoms with Crippen molar-refractivity contribution in [1.82, 2.24) is 14.0 Å². The van der Waals surface area contributed by atoms with Gasteiger partial charge < -0.3 is 4.57 Å². The lowest BCUT2D eigenvalue weighted by Crippen LogP contribution is -2.26. The Balaban J connectivity index is 3.11. The highest BCUT2D eigenvalue weighted by Crippen LogP contribution is 2.06. The molecule has 0 aliphatic heterocycles. The number of hydrogen-bond acceptors (Lipinski definition) is 2. The van der Waals surface area contributed by atoms with Crippen LogP contribution in [0.25, 0.3) is 5.65 Å². The zero-order valence-electron chi connectivity index (χ0n) is 8.94. The summed E-state index contributed by atoms with van der Waals surface area (Å²) >= 11 is 0. The van der Waals surface area contributed by atoms with Crippen molar-refractivity contribution in [3.8, 4) is 0 Å². The first-order valence-electron chi connectivity index (χ1n) is 4.58. The Kier molecular flexibility index (Phi) is 1.91. The summed E-state index contributed by atoms with van der Waals surface area (Å²) in [6, 6.07) is 0. The van der Waals surface area contributed by atoms with Crippen molar-refractivity contribution in [2.75, 3.05) is 7.05 Å². The van der Waals surface area contributed by atoms with Crippen LogP contribution in [0.4, 0.5) is 0 Å². The summed E-state index contributed by atoms with van der Waals surface area (Å²) in [4.78, 5) is 8.62. The van der Waals surface area contributed by atoms with Gasteiger partial charge in [-0.3, -0.25) is 9.39 Å². The first kappa shape index (κ1) is 8.99. The van der Waals surface area contributed by atoms with Gasteiger partial charge in [-0.15, -0.1) is 0 Å². The monoisotopic (exact) mass is 190 g/mol. The van der Waals surface area contributed by atoms with Crippen LogP contribution in [0.2, 0.25) is 0 Å².